The SMILES string of the molecule is O=C(c1ccc(F)c(F)c1Nc1cccc(I)c1F)N1CC(O)(CN2CCC2)C1. The second-order valence-corrected chi connectivity index (χ2v) is 8.69. The molecule has 2 aromatic carbocycles. The van der Waals surface area contributed by atoms with Gasteiger partial charge in [0.15, 0.2) is 17.5 Å². The maximum Gasteiger partial charge on any atom is 0.256 e. The summed E-state index contributed by atoms with van der Waals surface area (Å²) in [6.07, 6.45) is 1.09. The minimum absolute atomic E-state index is 0.0617. The normalized spacial score (nSPS) is 18.2. The second-order valence-electron chi connectivity index (χ2n) is 7.53. The number of rotatable bonds is 5. The van der Waals surface area contributed by atoms with Gasteiger partial charge < -0.3 is 20.2 Å². The zero-order valence-electron chi connectivity index (χ0n) is 15.4. The van der Waals surface area contributed by atoms with Gasteiger partial charge in [-0.1, -0.05) is 6.07 Å². The van der Waals surface area contributed by atoms with Crippen molar-refractivity contribution in [1.82, 2.24) is 9.80 Å². The van der Waals surface area contributed by atoms with Gasteiger partial charge >= 0.3 is 0 Å². The van der Waals surface area contributed by atoms with Crippen molar-refractivity contribution in [2.45, 2.75) is 12.0 Å². The van der Waals surface area contributed by atoms with E-state index in [9.17, 15) is 23.1 Å². The molecule has 0 bridgehead atoms. The third-order valence-electron chi connectivity index (χ3n) is 5.26. The van der Waals surface area contributed by atoms with Gasteiger partial charge in [0.1, 0.15) is 5.60 Å². The molecule has 0 unspecified atom stereocenters. The molecule has 0 atom stereocenters. The highest BCUT2D eigenvalue weighted by atomic mass is 127. The quantitative estimate of drug-likeness (QED) is 0.598. The first-order valence-corrected chi connectivity index (χ1v) is 10.3. The van der Waals surface area contributed by atoms with Gasteiger partial charge in [-0.25, -0.2) is 13.2 Å². The van der Waals surface area contributed by atoms with Gasteiger partial charge in [-0.3, -0.25) is 4.79 Å². The molecule has 5 nitrogen and oxygen atoms in total. The van der Waals surface area contributed by atoms with Crippen LogP contribution in [0.25, 0.3) is 0 Å². The summed E-state index contributed by atoms with van der Waals surface area (Å²) in [6, 6.07) is 6.52. The Kier molecular flexibility index (Phi) is 5.47. The molecular formula is C20H19F3IN3O2. The van der Waals surface area contributed by atoms with Crippen LogP contribution in [-0.2, 0) is 0 Å². The van der Waals surface area contributed by atoms with Crippen LogP contribution in [-0.4, -0.2) is 59.1 Å². The molecular weight excluding hydrogens is 498 g/mol. The molecule has 0 aromatic heterocycles. The van der Waals surface area contributed by atoms with Gasteiger partial charge in [0.2, 0.25) is 0 Å². The van der Waals surface area contributed by atoms with Crippen LogP contribution in [0, 0.1) is 21.0 Å². The Morgan fingerprint density at radius 2 is 1.86 bits per heavy atom. The fourth-order valence-electron chi connectivity index (χ4n) is 3.62. The monoisotopic (exact) mass is 517 g/mol. The predicted octanol–water partition coefficient (Wildman–Crippen LogP) is 3.34. The highest BCUT2D eigenvalue weighted by Gasteiger charge is 2.46. The highest BCUT2D eigenvalue weighted by molar-refractivity contribution is 14.1. The molecule has 2 aliphatic rings. The lowest BCUT2D eigenvalue weighted by Gasteiger charge is -2.50. The lowest BCUT2D eigenvalue weighted by atomic mass is 9.91. The summed E-state index contributed by atoms with van der Waals surface area (Å²) in [5, 5.41) is 13.1. The van der Waals surface area contributed by atoms with Crippen molar-refractivity contribution in [3.05, 3.63) is 56.9 Å². The highest BCUT2D eigenvalue weighted by Crippen LogP contribution is 2.32. The van der Waals surface area contributed by atoms with Crippen molar-refractivity contribution >= 4 is 39.9 Å². The average molecular weight is 517 g/mol. The van der Waals surface area contributed by atoms with E-state index in [1.54, 1.807) is 28.7 Å². The third-order valence-corrected chi connectivity index (χ3v) is 6.09. The van der Waals surface area contributed by atoms with Crippen LogP contribution < -0.4 is 5.32 Å². The van der Waals surface area contributed by atoms with E-state index in [4.69, 9.17) is 0 Å². The number of anilines is 2. The Bertz CT molecular complexity index is 962. The molecule has 154 valence electrons. The Balaban J connectivity index is 1.57. The Morgan fingerprint density at radius 1 is 1.14 bits per heavy atom. The first kappa shape index (κ1) is 20.4. The summed E-state index contributed by atoms with van der Waals surface area (Å²) in [5.41, 5.74) is -1.60. The molecule has 2 N–H and O–H groups in total. The van der Waals surface area contributed by atoms with E-state index in [0.29, 0.717) is 10.1 Å². The molecule has 4 rings (SSSR count). The van der Waals surface area contributed by atoms with E-state index >= 15 is 0 Å². The molecule has 2 aliphatic heterocycles. The van der Waals surface area contributed by atoms with Crippen LogP contribution in [0.1, 0.15) is 16.8 Å². The molecule has 1 amide bonds. The first-order chi connectivity index (χ1) is 13.8. The fraction of sp³-hybridized carbons (Fsp3) is 0.350. The number of likely N-dealkylation sites (tertiary alicyclic amines) is 2. The van der Waals surface area contributed by atoms with Crippen molar-refractivity contribution in [2.24, 2.45) is 0 Å². The van der Waals surface area contributed by atoms with Crippen LogP contribution >= 0.6 is 22.6 Å². The number of hydrogen-bond donors (Lipinski definition) is 2. The van der Waals surface area contributed by atoms with E-state index < -0.39 is 34.6 Å². The Morgan fingerprint density at radius 3 is 2.52 bits per heavy atom. The van der Waals surface area contributed by atoms with Crippen molar-refractivity contribution in [2.75, 3.05) is 38.0 Å². The summed E-state index contributed by atoms with van der Waals surface area (Å²) in [4.78, 5) is 16.4. The van der Waals surface area contributed by atoms with E-state index in [0.717, 1.165) is 25.6 Å². The molecule has 2 heterocycles. The summed E-state index contributed by atoms with van der Waals surface area (Å²) < 4.78 is 43.0. The van der Waals surface area contributed by atoms with Crippen molar-refractivity contribution in [1.29, 1.82) is 0 Å². The number of β-amino-alcohol motifs (C(OH)–C–C–N with tert-alkyl or cyclic N) is 1. The second kappa shape index (κ2) is 7.77. The largest absolute Gasteiger partial charge is 0.385 e. The van der Waals surface area contributed by atoms with Crippen LogP contribution in [0.2, 0.25) is 0 Å². The van der Waals surface area contributed by atoms with Crippen LogP contribution in [0.4, 0.5) is 24.5 Å². The van der Waals surface area contributed by atoms with E-state index in [-0.39, 0.29) is 24.3 Å². The van der Waals surface area contributed by atoms with Gasteiger partial charge in [0.05, 0.1) is 33.6 Å². The maximum absolute atomic E-state index is 14.5. The van der Waals surface area contributed by atoms with Crippen LogP contribution in [0.5, 0.6) is 0 Å². The van der Waals surface area contributed by atoms with Gasteiger partial charge in [-0.2, -0.15) is 0 Å². The molecule has 29 heavy (non-hydrogen) atoms. The van der Waals surface area contributed by atoms with E-state index in [1.807, 2.05) is 0 Å². The molecule has 0 spiro atoms. The van der Waals surface area contributed by atoms with Gasteiger partial charge in [-0.15, -0.1) is 0 Å². The van der Waals surface area contributed by atoms with Gasteiger partial charge in [0.25, 0.3) is 5.91 Å². The predicted molar refractivity (Wildman–Crippen MR) is 111 cm³/mol. The maximum atomic E-state index is 14.5. The summed E-state index contributed by atoms with van der Waals surface area (Å²) in [5.74, 6) is -3.58. The number of amides is 1. The molecule has 0 saturated carbocycles. The van der Waals surface area contributed by atoms with Gasteiger partial charge in [0, 0.05) is 6.54 Å². The number of halogens is 4. The summed E-state index contributed by atoms with van der Waals surface area (Å²) in [6.45, 7) is 2.55. The molecule has 0 radical (unpaired) electrons. The average Bonchev–Trinajstić information content (AvgIpc) is 2.63. The minimum atomic E-state index is -1.26. The lowest BCUT2D eigenvalue weighted by Crippen LogP contribution is -2.68. The lowest BCUT2D eigenvalue weighted by molar-refractivity contribution is -0.105. The van der Waals surface area contributed by atoms with Crippen LogP contribution in [0.15, 0.2) is 30.3 Å². The van der Waals surface area contributed by atoms with E-state index in [1.165, 1.54) is 23.1 Å². The Labute approximate surface area is 179 Å². The van der Waals surface area contributed by atoms with Crippen molar-refractivity contribution in [3.8, 4) is 0 Å². The number of nitrogens with one attached hydrogen (secondary N) is 1. The molecule has 2 fully saturated rings. The smallest absolute Gasteiger partial charge is 0.256 e. The minimum Gasteiger partial charge on any atom is -0.385 e. The molecule has 2 aromatic rings. The molecule has 2 saturated heterocycles. The standard InChI is InChI=1S/C20H19F3IN3O2/c21-13-6-5-12(18(16(13)22)25-15-4-1-3-14(24)17(15)23)19(28)27-10-20(29,11-27)9-26-7-2-8-26/h1,3-6,25,29H,2,7-11H2. The zero-order chi connectivity index (χ0) is 20.8. The molecule has 9 heteroatoms. The van der Waals surface area contributed by atoms with Gasteiger partial charge in [-0.05, 0) is 66.4 Å². The summed E-state index contributed by atoms with van der Waals surface area (Å²) >= 11 is 1.79. The number of benzene rings is 2. The van der Waals surface area contributed by atoms with E-state index in [2.05, 4.69) is 10.2 Å². The number of hydrogen-bond acceptors (Lipinski definition) is 4. The third kappa shape index (κ3) is 3.95. The number of nitrogens with zero attached hydrogens (tertiary/aromatic N) is 2. The van der Waals surface area contributed by atoms with Crippen molar-refractivity contribution in [3.63, 3.8) is 0 Å². The first-order valence-electron chi connectivity index (χ1n) is 9.20. The van der Waals surface area contributed by atoms with Crippen LogP contribution in [0.3, 0.4) is 0 Å². The fourth-order valence-corrected chi connectivity index (χ4v) is 4.12. The number of carbonyl (C=O) groups excluding carboxylic acids is 1. The summed E-state index contributed by atoms with van der Waals surface area (Å²) in [7, 11) is 0. The van der Waals surface area contributed by atoms with Crippen molar-refractivity contribution < 1.29 is 23.1 Å². The number of aliphatic hydroxyl groups is 1. The number of carbonyl (C=O) groups is 1. The zero-order valence-corrected chi connectivity index (χ0v) is 17.5. The molecule has 0 aliphatic carbocycles. The Hall–Kier alpha value is -1.85. The topological polar surface area (TPSA) is 55.8 Å².